The third-order valence-corrected chi connectivity index (χ3v) is 5.74. The van der Waals surface area contributed by atoms with Crippen molar-refractivity contribution in [1.82, 2.24) is 4.98 Å². The number of nitrogens with one attached hydrogen (secondary N) is 1. The minimum Gasteiger partial charge on any atom is -0.341 e. The van der Waals surface area contributed by atoms with E-state index in [1.54, 1.807) is 0 Å². The number of benzene rings is 1. The average molecular weight is 465 g/mol. The van der Waals surface area contributed by atoms with Gasteiger partial charge in [-0.1, -0.05) is 0 Å². The van der Waals surface area contributed by atoms with Crippen LogP contribution in [0.5, 0.6) is 0 Å². The maximum Gasteiger partial charge on any atom is 0.433 e. The molecule has 1 aromatic heterocycles. The number of nitrogens with zero attached hydrogens (tertiary/aromatic N) is 2. The molecule has 4 nitrogen and oxygen atoms in total. The van der Waals surface area contributed by atoms with Gasteiger partial charge in [0.15, 0.2) is 11.6 Å². The molecule has 0 unspecified atom stereocenters. The molecule has 32 heavy (non-hydrogen) atoms. The van der Waals surface area contributed by atoms with E-state index >= 15 is 0 Å². The molecule has 4 rings (SSSR count). The first kappa shape index (κ1) is 22.3. The normalized spacial score (nSPS) is 23.0. The Labute approximate surface area is 176 Å². The largest absolute Gasteiger partial charge is 0.433 e. The number of hydrogen-bond acceptors (Lipinski definition) is 3. The summed E-state index contributed by atoms with van der Waals surface area (Å²) in [7, 11) is 0. The first-order valence-electron chi connectivity index (χ1n) is 9.55. The van der Waals surface area contributed by atoms with Crippen molar-refractivity contribution in [3.63, 3.8) is 0 Å². The number of rotatable bonds is 3. The van der Waals surface area contributed by atoms with Crippen molar-refractivity contribution in [1.29, 1.82) is 0 Å². The van der Waals surface area contributed by atoms with Crippen LogP contribution in [0.3, 0.4) is 0 Å². The van der Waals surface area contributed by atoms with Gasteiger partial charge in [0.2, 0.25) is 5.91 Å². The number of pyridine rings is 1. The molecular weight excluding hydrogens is 450 g/mol. The number of anilines is 2. The second kappa shape index (κ2) is 7.59. The standard InChI is InChI=1S/C20H15F8N3O/c21-13-4-2-11(8-14(13)22)29-18(32)17-9-1-3-12(5-9)31(17)16-7-10(19(23,24)25)6-15(30-16)20(26,27)28/h2,4,6-9,12,17H,1,3,5H2,(H,29,32)/t9-,12+,17-/m0/s1. The fourth-order valence-corrected chi connectivity index (χ4v) is 4.40. The van der Waals surface area contributed by atoms with Crippen molar-refractivity contribution in [3.8, 4) is 0 Å². The second-order valence-corrected chi connectivity index (χ2v) is 7.79. The lowest BCUT2D eigenvalue weighted by Gasteiger charge is -2.36. The fraction of sp³-hybridized carbons (Fsp3) is 0.400. The minimum absolute atomic E-state index is 0.0752. The van der Waals surface area contributed by atoms with Gasteiger partial charge in [0, 0.05) is 17.8 Å². The van der Waals surface area contributed by atoms with Crippen molar-refractivity contribution >= 4 is 17.4 Å². The zero-order chi connectivity index (χ0) is 23.4. The van der Waals surface area contributed by atoms with Gasteiger partial charge in [0.1, 0.15) is 17.6 Å². The van der Waals surface area contributed by atoms with E-state index in [9.17, 15) is 39.9 Å². The third-order valence-electron chi connectivity index (χ3n) is 5.74. The van der Waals surface area contributed by atoms with Crippen LogP contribution in [-0.2, 0) is 17.1 Å². The molecule has 0 spiro atoms. The molecule has 2 aromatic rings. The zero-order valence-corrected chi connectivity index (χ0v) is 16.1. The zero-order valence-electron chi connectivity index (χ0n) is 16.1. The Bertz CT molecular complexity index is 1020. The first-order chi connectivity index (χ1) is 14.8. The van der Waals surface area contributed by atoms with Crippen molar-refractivity contribution in [2.24, 2.45) is 5.92 Å². The number of carbonyl (C=O) groups excluding carboxylic acids is 1. The van der Waals surface area contributed by atoms with Crippen molar-refractivity contribution in [2.75, 3.05) is 10.2 Å². The number of fused-ring (bicyclic) bond motifs is 2. The van der Waals surface area contributed by atoms with Gasteiger partial charge in [-0.3, -0.25) is 4.79 Å². The van der Waals surface area contributed by atoms with E-state index in [-0.39, 0.29) is 17.7 Å². The Balaban J connectivity index is 1.71. The van der Waals surface area contributed by atoms with Gasteiger partial charge >= 0.3 is 12.4 Å². The number of amides is 1. The van der Waals surface area contributed by atoms with Crippen LogP contribution >= 0.6 is 0 Å². The summed E-state index contributed by atoms with van der Waals surface area (Å²) in [5, 5.41) is 2.37. The van der Waals surface area contributed by atoms with E-state index in [1.807, 2.05) is 0 Å². The van der Waals surface area contributed by atoms with E-state index < -0.39 is 59.1 Å². The lowest BCUT2D eigenvalue weighted by Crippen LogP contribution is -2.49. The molecule has 1 aliphatic carbocycles. The van der Waals surface area contributed by atoms with Crippen LogP contribution in [0.2, 0.25) is 0 Å². The SMILES string of the molecule is O=C(Nc1ccc(F)c(F)c1)[C@@H]1[C@H]2CC[C@H](C2)N1c1cc(C(F)(F)F)cc(C(F)(F)F)n1. The molecule has 3 atom stereocenters. The maximum atomic E-state index is 13.5. The van der Waals surface area contributed by atoms with Gasteiger partial charge in [-0.15, -0.1) is 0 Å². The van der Waals surface area contributed by atoms with E-state index in [4.69, 9.17) is 0 Å². The van der Waals surface area contributed by atoms with Crippen LogP contribution in [0.4, 0.5) is 46.6 Å². The van der Waals surface area contributed by atoms with Crippen molar-refractivity contribution < 1.29 is 39.9 Å². The first-order valence-corrected chi connectivity index (χ1v) is 9.55. The number of carbonyl (C=O) groups is 1. The summed E-state index contributed by atoms with van der Waals surface area (Å²) in [4.78, 5) is 17.5. The molecule has 2 heterocycles. The molecule has 1 saturated heterocycles. The average Bonchev–Trinajstić information content (AvgIpc) is 3.30. The van der Waals surface area contributed by atoms with Crippen LogP contribution in [0, 0.1) is 17.6 Å². The van der Waals surface area contributed by atoms with Gasteiger partial charge in [0.05, 0.1) is 5.56 Å². The van der Waals surface area contributed by atoms with Crippen LogP contribution < -0.4 is 10.2 Å². The Morgan fingerprint density at radius 2 is 1.69 bits per heavy atom. The van der Waals surface area contributed by atoms with E-state index in [1.165, 1.54) is 4.90 Å². The Kier molecular flexibility index (Phi) is 5.29. The van der Waals surface area contributed by atoms with Crippen LogP contribution in [-0.4, -0.2) is 23.0 Å². The topological polar surface area (TPSA) is 45.2 Å². The quantitative estimate of drug-likeness (QED) is 0.618. The molecule has 1 saturated carbocycles. The predicted octanol–water partition coefficient (Wildman–Crippen LogP) is 5.39. The highest BCUT2D eigenvalue weighted by Gasteiger charge is 2.51. The van der Waals surface area contributed by atoms with Gasteiger partial charge in [-0.2, -0.15) is 26.3 Å². The van der Waals surface area contributed by atoms with Crippen LogP contribution in [0.25, 0.3) is 0 Å². The summed E-state index contributed by atoms with van der Waals surface area (Å²) in [6.07, 6.45) is -8.78. The summed E-state index contributed by atoms with van der Waals surface area (Å²) in [5.41, 5.74) is -3.34. The molecule has 1 amide bonds. The van der Waals surface area contributed by atoms with Crippen molar-refractivity contribution in [3.05, 3.63) is 53.2 Å². The molecule has 2 aliphatic rings. The molecule has 2 bridgehead atoms. The Morgan fingerprint density at radius 1 is 0.969 bits per heavy atom. The lowest BCUT2D eigenvalue weighted by molar-refractivity contribution is -0.145. The molecule has 2 fully saturated rings. The van der Waals surface area contributed by atoms with Crippen LogP contribution in [0.15, 0.2) is 30.3 Å². The molecule has 172 valence electrons. The summed E-state index contributed by atoms with van der Waals surface area (Å²) in [5.74, 6) is -4.06. The molecule has 1 aliphatic heterocycles. The summed E-state index contributed by atoms with van der Waals surface area (Å²) in [6.45, 7) is 0. The number of aromatic nitrogens is 1. The van der Waals surface area contributed by atoms with Gasteiger partial charge in [0.25, 0.3) is 0 Å². The highest BCUT2D eigenvalue weighted by molar-refractivity contribution is 5.97. The maximum absolute atomic E-state index is 13.5. The number of hydrogen-bond donors (Lipinski definition) is 1. The second-order valence-electron chi connectivity index (χ2n) is 7.79. The van der Waals surface area contributed by atoms with E-state index in [0.717, 1.165) is 18.2 Å². The summed E-state index contributed by atoms with van der Waals surface area (Å²) >= 11 is 0. The number of halogens is 8. The van der Waals surface area contributed by atoms with Gasteiger partial charge in [-0.25, -0.2) is 13.8 Å². The smallest absolute Gasteiger partial charge is 0.341 e. The van der Waals surface area contributed by atoms with E-state index in [2.05, 4.69) is 10.3 Å². The highest BCUT2D eigenvalue weighted by atomic mass is 19.4. The predicted molar refractivity (Wildman–Crippen MR) is 96.6 cm³/mol. The van der Waals surface area contributed by atoms with Gasteiger partial charge < -0.3 is 10.2 Å². The number of alkyl halides is 6. The summed E-state index contributed by atoms with van der Waals surface area (Å²) in [6, 6.07) is 1.44. The lowest BCUT2D eigenvalue weighted by atomic mass is 9.97. The summed E-state index contributed by atoms with van der Waals surface area (Å²) < 4.78 is 106. The highest BCUT2D eigenvalue weighted by Crippen LogP contribution is 2.46. The Morgan fingerprint density at radius 3 is 2.31 bits per heavy atom. The van der Waals surface area contributed by atoms with E-state index in [0.29, 0.717) is 25.3 Å². The molecule has 1 aromatic carbocycles. The molecule has 0 radical (unpaired) electrons. The van der Waals surface area contributed by atoms with Crippen molar-refractivity contribution in [2.45, 2.75) is 43.7 Å². The Hall–Kier alpha value is -2.92. The third kappa shape index (κ3) is 4.09. The number of piperidine rings is 1. The van der Waals surface area contributed by atoms with Crippen LogP contribution in [0.1, 0.15) is 30.5 Å². The molecule has 12 heteroatoms. The molecule has 1 N–H and O–H groups in total. The fourth-order valence-electron chi connectivity index (χ4n) is 4.40. The minimum atomic E-state index is -5.13. The molecular formula is C20H15F8N3O. The van der Waals surface area contributed by atoms with Gasteiger partial charge in [-0.05, 0) is 49.4 Å². The monoisotopic (exact) mass is 465 g/mol.